The highest BCUT2D eigenvalue weighted by molar-refractivity contribution is 7.90. The highest BCUT2D eigenvalue weighted by Crippen LogP contribution is 2.22. The molecule has 2 aromatic rings. The zero-order chi connectivity index (χ0) is 22.1. The number of halogens is 1. The molecule has 0 unspecified atom stereocenters. The van der Waals surface area contributed by atoms with Gasteiger partial charge in [0.05, 0.1) is 18.1 Å². The van der Waals surface area contributed by atoms with Crippen LogP contribution in [0.5, 0.6) is 5.75 Å². The number of carbonyl (C=O) groups is 1. The average Bonchev–Trinajstić information content (AvgIpc) is 3.02. The summed E-state index contributed by atoms with van der Waals surface area (Å²) in [5.74, 6) is 0.371. The Kier molecular flexibility index (Phi) is 8.00. The normalized spacial score (nSPS) is 15.3. The lowest BCUT2D eigenvalue weighted by Gasteiger charge is -2.07. The number of fused-ring (bicyclic) bond motifs is 1. The van der Waals surface area contributed by atoms with Gasteiger partial charge in [0.1, 0.15) is 17.4 Å². The van der Waals surface area contributed by atoms with Crippen molar-refractivity contribution >= 4 is 21.8 Å². The van der Waals surface area contributed by atoms with Crippen LogP contribution >= 0.6 is 0 Å². The number of unbranched alkanes of at least 4 members (excludes halogenated alkanes) is 2. The Labute approximate surface area is 181 Å². The number of carbonyl (C=O) groups excluding carboxylic acids is 1. The molecule has 1 heterocycles. The maximum absolute atomic E-state index is 12.8. The monoisotopic (exact) mass is 448 g/mol. The van der Waals surface area contributed by atoms with E-state index in [1.807, 2.05) is 0 Å². The van der Waals surface area contributed by atoms with Gasteiger partial charge in [-0.1, -0.05) is 18.6 Å². The van der Waals surface area contributed by atoms with Crippen LogP contribution in [0.2, 0.25) is 0 Å². The van der Waals surface area contributed by atoms with Crippen LogP contribution in [0.3, 0.4) is 0 Å². The van der Waals surface area contributed by atoms with E-state index in [0.717, 1.165) is 12.8 Å². The second kappa shape index (κ2) is 10.9. The molecule has 0 fully saturated rings. The summed E-state index contributed by atoms with van der Waals surface area (Å²) in [6.45, 7) is 1.13. The molecule has 0 bridgehead atoms. The summed E-state index contributed by atoms with van der Waals surface area (Å²) in [4.78, 5) is 16.4. The van der Waals surface area contributed by atoms with Crippen LogP contribution < -0.4 is 9.46 Å². The summed E-state index contributed by atoms with van der Waals surface area (Å²) in [5, 5.41) is 0. The van der Waals surface area contributed by atoms with Gasteiger partial charge in [-0.05, 0) is 49.2 Å². The Bertz CT molecular complexity index is 1020. The highest BCUT2D eigenvalue weighted by Gasteiger charge is 2.29. The van der Waals surface area contributed by atoms with Crippen LogP contribution in [0, 0.1) is 5.82 Å². The largest absolute Gasteiger partial charge is 0.493 e. The molecule has 1 aliphatic heterocycles. The number of hydrogen-bond donors (Lipinski definition) is 1. The van der Waals surface area contributed by atoms with Gasteiger partial charge in [-0.15, -0.1) is 0 Å². The van der Waals surface area contributed by atoms with Crippen molar-refractivity contribution in [3.8, 4) is 5.75 Å². The van der Waals surface area contributed by atoms with Gasteiger partial charge >= 0.3 is 5.97 Å². The first-order valence-electron chi connectivity index (χ1n) is 10.2. The van der Waals surface area contributed by atoms with Gasteiger partial charge in [0.25, 0.3) is 10.0 Å². The van der Waals surface area contributed by atoms with Gasteiger partial charge in [-0.3, -0.25) is 14.5 Å². The van der Waals surface area contributed by atoms with Crippen LogP contribution in [0.25, 0.3) is 0 Å². The number of rotatable bonds is 11. The maximum atomic E-state index is 12.8. The quantitative estimate of drug-likeness (QED) is 0.420. The van der Waals surface area contributed by atoms with Crippen molar-refractivity contribution in [3.63, 3.8) is 0 Å². The number of benzene rings is 2. The van der Waals surface area contributed by atoms with Crippen molar-refractivity contribution in [2.24, 2.45) is 4.99 Å². The number of nitrogens with one attached hydrogen (secondary N) is 1. The number of amidine groups is 1. The fourth-order valence-corrected chi connectivity index (χ4v) is 4.29. The molecular weight excluding hydrogens is 423 g/mol. The van der Waals surface area contributed by atoms with Crippen molar-refractivity contribution < 1.29 is 27.1 Å². The minimum Gasteiger partial charge on any atom is -0.493 e. The second-order valence-electron chi connectivity index (χ2n) is 7.02. The molecule has 3 rings (SSSR count). The van der Waals surface area contributed by atoms with Gasteiger partial charge in [0, 0.05) is 24.9 Å². The molecule has 2 aromatic carbocycles. The Balaban J connectivity index is 1.25. The molecule has 0 saturated heterocycles. The van der Waals surface area contributed by atoms with Crippen molar-refractivity contribution in [2.45, 2.75) is 37.0 Å². The predicted octanol–water partition coefficient (Wildman–Crippen LogP) is 3.44. The molecule has 0 saturated carbocycles. The Morgan fingerprint density at radius 1 is 0.968 bits per heavy atom. The molecule has 166 valence electrons. The van der Waals surface area contributed by atoms with Gasteiger partial charge in [-0.25, -0.2) is 12.8 Å². The fourth-order valence-electron chi connectivity index (χ4n) is 3.04. The summed E-state index contributed by atoms with van der Waals surface area (Å²) >= 11 is 0. The number of esters is 1. The van der Waals surface area contributed by atoms with E-state index in [9.17, 15) is 17.6 Å². The molecule has 0 amide bonds. The molecule has 0 aromatic heterocycles. The predicted molar refractivity (Wildman–Crippen MR) is 114 cm³/mol. The lowest BCUT2D eigenvalue weighted by molar-refractivity contribution is -0.144. The number of ether oxygens (including phenoxy) is 2. The molecule has 1 N–H and O–H groups in total. The number of nitrogens with zero attached hydrogens (tertiary/aromatic N) is 1. The molecule has 1 aliphatic rings. The molecule has 9 heteroatoms. The average molecular weight is 449 g/mol. The molecule has 0 radical (unpaired) electrons. The van der Waals surface area contributed by atoms with E-state index < -0.39 is 10.0 Å². The number of aliphatic imine (C=N–C) groups is 1. The van der Waals surface area contributed by atoms with E-state index in [-0.39, 0.29) is 23.3 Å². The fraction of sp³-hybridized carbons (Fsp3) is 0.364. The van der Waals surface area contributed by atoms with Crippen molar-refractivity contribution in [1.29, 1.82) is 0 Å². The van der Waals surface area contributed by atoms with E-state index in [1.54, 1.807) is 36.4 Å². The maximum Gasteiger partial charge on any atom is 0.305 e. The summed E-state index contributed by atoms with van der Waals surface area (Å²) in [5.41, 5.74) is 0.592. The van der Waals surface area contributed by atoms with Gasteiger partial charge < -0.3 is 9.47 Å². The van der Waals surface area contributed by atoms with Gasteiger partial charge in [-0.2, -0.15) is 0 Å². The first-order valence-corrected chi connectivity index (χ1v) is 11.6. The van der Waals surface area contributed by atoms with Gasteiger partial charge in [0.2, 0.25) is 0 Å². The number of sulfonamides is 1. The first-order chi connectivity index (χ1) is 15.0. The zero-order valence-corrected chi connectivity index (χ0v) is 17.9. The van der Waals surface area contributed by atoms with Crippen LogP contribution in [-0.2, 0) is 19.6 Å². The van der Waals surface area contributed by atoms with E-state index in [1.165, 1.54) is 12.1 Å². The lowest BCUT2D eigenvalue weighted by Crippen LogP contribution is -2.22. The molecular formula is C22H25FN2O5S. The van der Waals surface area contributed by atoms with Crippen LogP contribution in [0.15, 0.2) is 58.4 Å². The van der Waals surface area contributed by atoms with Crippen molar-refractivity contribution in [2.75, 3.05) is 19.8 Å². The summed E-state index contributed by atoms with van der Waals surface area (Å²) in [6.07, 6.45) is 3.08. The molecule has 0 atom stereocenters. The highest BCUT2D eigenvalue weighted by atomic mass is 32.2. The Morgan fingerprint density at radius 3 is 2.55 bits per heavy atom. The van der Waals surface area contributed by atoms with Crippen LogP contribution in [-0.4, -0.2) is 40.0 Å². The summed E-state index contributed by atoms with van der Waals surface area (Å²) in [7, 11) is -3.51. The number of hydrogen-bond acceptors (Lipinski definition) is 6. The Morgan fingerprint density at radius 2 is 1.74 bits per heavy atom. The lowest BCUT2D eigenvalue weighted by atomic mass is 10.2. The minimum atomic E-state index is -3.51. The minimum absolute atomic E-state index is 0.250. The van der Waals surface area contributed by atoms with E-state index in [2.05, 4.69) is 9.71 Å². The van der Waals surface area contributed by atoms with E-state index >= 15 is 0 Å². The topological polar surface area (TPSA) is 94.1 Å². The molecule has 7 nitrogen and oxygen atoms in total. The van der Waals surface area contributed by atoms with Crippen molar-refractivity contribution in [3.05, 3.63) is 59.9 Å². The van der Waals surface area contributed by atoms with Crippen LogP contribution in [0.4, 0.5) is 4.39 Å². The van der Waals surface area contributed by atoms with Gasteiger partial charge in [0.15, 0.2) is 0 Å². The summed E-state index contributed by atoms with van der Waals surface area (Å²) < 4.78 is 49.9. The third kappa shape index (κ3) is 6.78. The van der Waals surface area contributed by atoms with Crippen LogP contribution in [0.1, 0.15) is 37.7 Å². The molecule has 31 heavy (non-hydrogen) atoms. The SMILES string of the molecule is O=C(CCCCCN=C1NS(=O)(=O)c2ccccc21)OCCCOc1ccc(F)cc1. The smallest absolute Gasteiger partial charge is 0.305 e. The molecule has 0 aliphatic carbocycles. The van der Waals surface area contributed by atoms with E-state index in [4.69, 9.17) is 9.47 Å². The van der Waals surface area contributed by atoms with Crippen molar-refractivity contribution in [1.82, 2.24) is 4.72 Å². The summed E-state index contributed by atoms with van der Waals surface area (Å²) in [6, 6.07) is 12.5. The standard InChI is InChI=1S/C22H25FN2O5S/c23-17-10-12-18(13-11-17)29-15-6-16-30-21(26)9-2-1-5-14-24-22-19-7-3-4-8-20(19)31(27,28)25-22/h3-4,7-8,10-13H,1-2,5-6,9,14-16H2,(H,24,25). The third-order valence-electron chi connectivity index (χ3n) is 4.61. The Hall–Kier alpha value is -2.94. The first kappa shape index (κ1) is 22.7. The second-order valence-corrected chi connectivity index (χ2v) is 8.67. The van der Waals surface area contributed by atoms with E-state index in [0.29, 0.717) is 49.6 Å². The third-order valence-corrected chi connectivity index (χ3v) is 6.00. The zero-order valence-electron chi connectivity index (χ0n) is 17.1. The molecule has 0 spiro atoms.